The Kier molecular flexibility index (Phi) is 5.54. The average Bonchev–Trinajstić information content (AvgIpc) is 3.37. The van der Waals surface area contributed by atoms with Gasteiger partial charge in [-0.3, -0.25) is 14.5 Å². The summed E-state index contributed by atoms with van der Waals surface area (Å²) in [6.07, 6.45) is 1.76. The van der Waals surface area contributed by atoms with Crippen molar-refractivity contribution >= 4 is 11.9 Å². The third kappa shape index (κ3) is 4.08. The fourth-order valence-corrected chi connectivity index (χ4v) is 2.61. The molecule has 0 bridgehead atoms. The molecule has 1 amide bonds. The molecule has 1 N–H and O–H groups in total. The van der Waals surface area contributed by atoms with Gasteiger partial charge in [-0.2, -0.15) is 0 Å². The molecular formula is C17H22F2N2O3. The van der Waals surface area contributed by atoms with Crippen LogP contribution in [0.15, 0.2) is 18.2 Å². The molecule has 5 nitrogen and oxygen atoms in total. The van der Waals surface area contributed by atoms with E-state index < -0.39 is 29.7 Å². The molecule has 24 heavy (non-hydrogen) atoms. The summed E-state index contributed by atoms with van der Waals surface area (Å²) in [5.41, 5.74) is 0.481. The van der Waals surface area contributed by atoms with E-state index in [0.717, 1.165) is 25.0 Å². The largest absolute Gasteiger partial charge is 0.480 e. The van der Waals surface area contributed by atoms with Crippen LogP contribution in [0.3, 0.4) is 0 Å². The maximum absolute atomic E-state index is 13.4. The van der Waals surface area contributed by atoms with Crippen LogP contribution >= 0.6 is 0 Å². The quantitative estimate of drug-likeness (QED) is 0.828. The minimum atomic E-state index is -0.967. The highest BCUT2D eigenvalue weighted by molar-refractivity contribution is 5.80. The number of benzene rings is 1. The van der Waals surface area contributed by atoms with Gasteiger partial charge in [-0.15, -0.1) is 0 Å². The topological polar surface area (TPSA) is 60.9 Å². The number of likely N-dealkylation sites (N-methyl/N-ethyl adjacent to an activating group) is 1. The lowest BCUT2D eigenvalue weighted by molar-refractivity contribution is -0.144. The Balaban J connectivity index is 2.07. The molecule has 1 aliphatic rings. The Labute approximate surface area is 139 Å². The summed E-state index contributed by atoms with van der Waals surface area (Å²) in [6, 6.07) is 2.46. The number of rotatable bonds is 7. The van der Waals surface area contributed by atoms with Crippen molar-refractivity contribution < 1.29 is 23.5 Å². The molecule has 132 valence electrons. The molecule has 0 spiro atoms. The summed E-state index contributed by atoms with van der Waals surface area (Å²) >= 11 is 0. The number of halogens is 2. The SMILES string of the molecule is CC(c1ccc(F)c(F)c1)N(C)C(=O)CN(C1CC1)C(C)C(=O)O. The van der Waals surface area contributed by atoms with Gasteiger partial charge in [0, 0.05) is 13.1 Å². The first-order chi connectivity index (χ1) is 11.2. The van der Waals surface area contributed by atoms with Gasteiger partial charge >= 0.3 is 5.97 Å². The molecule has 1 aliphatic carbocycles. The number of carbonyl (C=O) groups excluding carboxylic acids is 1. The Hall–Kier alpha value is -2.02. The van der Waals surface area contributed by atoms with E-state index in [9.17, 15) is 23.5 Å². The number of aliphatic carboxylic acids is 1. The van der Waals surface area contributed by atoms with Crippen molar-refractivity contribution in [2.45, 2.75) is 44.8 Å². The van der Waals surface area contributed by atoms with Crippen LogP contribution in [0.4, 0.5) is 8.78 Å². The molecule has 0 saturated heterocycles. The van der Waals surface area contributed by atoms with E-state index in [1.165, 1.54) is 11.0 Å². The number of hydrogen-bond acceptors (Lipinski definition) is 3. The predicted octanol–water partition coefficient (Wildman–Crippen LogP) is 2.42. The van der Waals surface area contributed by atoms with Gasteiger partial charge in [0.05, 0.1) is 12.6 Å². The molecular weight excluding hydrogens is 318 g/mol. The van der Waals surface area contributed by atoms with Gasteiger partial charge in [0.15, 0.2) is 11.6 Å². The second kappa shape index (κ2) is 7.25. The average molecular weight is 340 g/mol. The van der Waals surface area contributed by atoms with Crippen LogP contribution in [-0.2, 0) is 9.59 Å². The first-order valence-electron chi connectivity index (χ1n) is 7.91. The maximum atomic E-state index is 13.4. The van der Waals surface area contributed by atoms with Crippen molar-refractivity contribution in [1.29, 1.82) is 0 Å². The summed E-state index contributed by atoms with van der Waals surface area (Å²) in [6.45, 7) is 3.27. The smallest absolute Gasteiger partial charge is 0.320 e. The van der Waals surface area contributed by atoms with Gasteiger partial charge in [-0.05, 0) is 44.4 Å². The van der Waals surface area contributed by atoms with Crippen molar-refractivity contribution in [3.05, 3.63) is 35.4 Å². The number of hydrogen-bond donors (Lipinski definition) is 1. The van der Waals surface area contributed by atoms with Gasteiger partial charge in [0.2, 0.25) is 5.91 Å². The van der Waals surface area contributed by atoms with Crippen LogP contribution in [0.5, 0.6) is 0 Å². The lowest BCUT2D eigenvalue weighted by Crippen LogP contribution is -2.47. The fourth-order valence-electron chi connectivity index (χ4n) is 2.61. The zero-order valence-corrected chi connectivity index (χ0v) is 14.0. The highest BCUT2D eigenvalue weighted by atomic mass is 19.2. The number of carboxylic acids is 1. The second-order valence-corrected chi connectivity index (χ2v) is 6.27. The summed E-state index contributed by atoms with van der Waals surface area (Å²) in [5, 5.41) is 9.18. The van der Waals surface area contributed by atoms with Crippen LogP contribution in [0.1, 0.15) is 38.3 Å². The molecule has 1 fully saturated rings. The van der Waals surface area contributed by atoms with Crippen molar-refractivity contribution in [3.63, 3.8) is 0 Å². The third-order valence-electron chi connectivity index (χ3n) is 4.59. The molecule has 0 aromatic heterocycles. The summed E-state index contributed by atoms with van der Waals surface area (Å²) in [5.74, 6) is -3.12. The van der Waals surface area contributed by atoms with E-state index in [2.05, 4.69) is 0 Å². The van der Waals surface area contributed by atoms with E-state index >= 15 is 0 Å². The van der Waals surface area contributed by atoms with Gasteiger partial charge in [-0.25, -0.2) is 8.78 Å². The Morgan fingerprint density at radius 3 is 2.38 bits per heavy atom. The van der Waals surface area contributed by atoms with Crippen molar-refractivity contribution in [2.75, 3.05) is 13.6 Å². The summed E-state index contributed by atoms with van der Waals surface area (Å²) in [7, 11) is 1.57. The maximum Gasteiger partial charge on any atom is 0.320 e. The van der Waals surface area contributed by atoms with Crippen molar-refractivity contribution in [3.8, 4) is 0 Å². The molecule has 0 aliphatic heterocycles. The molecule has 2 unspecified atom stereocenters. The van der Waals surface area contributed by atoms with Crippen LogP contribution in [0.25, 0.3) is 0 Å². The number of amides is 1. The number of carboxylic acid groups (broad SMARTS) is 1. The molecule has 1 aromatic rings. The highest BCUT2D eigenvalue weighted by Crippen LogP contribution is 2.29. The zero-order valence-electron chi connectivity index (χ0n) is 14.0. The molecule has 1 saturated carbocycles. The van der Waals surface area contributed by atoms with Crippen molar-refractivity contribution in [2.24, 2.45) is 0 Å². The third-order valence-corrected chi connectivity index (χ3v) is 4.59. The Morgan fingerprint density at radius 1 is 1.25 bits per heavy atom. The lowest BCUT2D eigenvalue weighted by atomic mass is 10.1. The lowest BCUT2D eigenvalue weighted by Gasteiger charge is -2.31. The Morgan fingerprint density at radius 2 is 1.88 bits per heavy atom. The minimum absolute atomic E-state index is 0.0113. The standard InChI is InChI=1S/C17H22F2N2O3/c1-10(12-4-7-14(18)15(19)8-12)20(3)16(22)9-21(13-5-6-13)11(2)17(23)24/h4,7-8,10-11,13H,5-6,9H2,1-3H3,(H,23,24). The molecule has 7 heteroatoms. The van der Waals surface area contributed by atoms with Crippen LogP contribution < -0.4 is 0 Å². The summed E-state index contributed by atoms with van der Waals surface area (Å²) in [4.78, 5) is 26.8. The van der Waals surface area contributed by atoms with E-state index in [4.69, 9.17) is 0 Å². The molecule has 2 atom stereocenters. The fraction of sp³-hybridized carbons (Fsp3) is 0.529. The van der Waals surface area contributed by atoms with Crippen LogP contribution in [0.2, 0.25) is 0 Å². The highest BCUT2D eigenvalue weighted by Gasteiger charge is 2.37. The normalized spacial score (nSPS) is 16.8. The van der Waals surface area contributed by atoms with E-state index in [1.54, 1.807) is 25.8 Å². The van der Waals surface area contributed by atoms with Crippen LogP contribution in [0, 0.1) is 11.6 Å². The molecule has 0 heterocycles. The summed E-state index contributed by atoms with van der Waals surface area (Å²) < 4.78 is 26.4. The number of carbonyl (C=O) groups is 2. The predicted molar refractivity (Wildman–Crippen MR) is 84.4 cm³/mol. The first kappa shape index (κ1) is 18.3. The molecule has 1 aromatic carbocycles. The van der Waals surface area contributed by atoms with Gasteiger partial charge in [0.1, 0.15) is 6.04 Å². The van der Waals surface area contributed by atoms with Gasteiger partial charge in [-0.1, -0.05) is 6.07 Å². The Bertz CT molecular complexity index is 634. The van der Waals surface area contributed by atoms with Crippen LogP contribution in [-0.4, -0.2) is 52.5 Å². The minimum Gasteiger partial charge on any atom is -0.480 e. The van der Waals surface area contributed by atoms with Gasteiger partial charge < -0.3 is 10.0 Å². The van der Waals surface area contributed by atoms with E-state index in [1.807, 2.05) is 0 Å². The van der Waals surface area contributed by atoms with E-state index in [-0.39, 0.29) is 18.5 Å². The van der Waals surface area contributed by atoms with Crippen molar-refractivity contribution in [1.82, 2.24) is 9.80 Å². The zero-order chi connectivity index (χ0) is 18.0. The molecule has 2 rings (SSSR count). The first-order valence-corrected chi connectivity index (χ1v) is 7.91. The second-order valence-electron chi connectivity index (χ2n) is 6.27. The van der Waals surface area contributed by atoms with Gasteiger partial charge in [0.25, 0.3) is 0 Å². The molecule has 0 radical (unpaired) electrons. The van der Waals surface area contributed by atoms with E-state index in [0.29, 0.717) is 5.56 Å². The number of nitrogens with zero attached hydrogens (tertiary/aromatic N) is 2. The monoisotopic (exact) mass is 340 g/mol.